The lowest BCUT2D eigenvalue weighted by molar-refractivity contribution is 0.271. The van der Waals surface area contributed by atoms with Crippen molar-refractivity contribution in [3.8, 4) is 0 Å². The second kappa shape index (κ2) is 12.9. The van der Waals surface area contributed by atoms with Gasteiger partial charge in [0.2, 0.25) is 16.1 Å². The standard InChI is InChI=1S/C10H28N2O10P4/c13-23(14)7-11(8-24(15)16)5-3-1-2-4-6-12(9-25(17,18)19)10-26(20,21)22/h23-24H,1-10H2,(H,13,14)(H,15,16)(H2,17,18,19)(H2,20,21,22). The fourth-order valence-corrected chi connectivity index (χ4v) is 5.54. The molecule has 0 aromatic rings. The molecule has 6 N–H and O–H groups in total. The molecule has 0 rings (SSSR count). The van der Waals surface area contributed by atoms with Gasteiger partial charge in [-0.1, -0.05) is 12.8 Å². The van der Waals surface area contributed by atoms with Gasteiger partial charge in [-0.15, -0.1) is 0 Å². The van der Waals surface area contributed by atoms with E-state index in [0.717, 1.165) is 4.90 Å². The third kappa shape index (κ3) is 18.0. The highest BCUT2D eigenvalue weighted by Crippen LogP contribution is 2.40. The zero-order valence-corrected chi connectivity index (χ0v) is 18.0. The number of hydrogen-bond acceptors (Lipinski definition) is 6. The predicted molar refractivity (Wildman–Crippen MR) is 97.9 cm³/mol. The van der Waals surface area contributed by atoms with Gasteiger partial charge in [-0.25, -0.2) is 0 Å². The van der Waals surface area contributed by atoms with Crippen LogP contribution in [-0.4, -0.2) is 77.4 Å². The third-order valence-electron chi connectivity index (χ3n) is 3.18. The Kier molecular flexibility index (Phi) is 13.2. The Morgan fingerprint density at radius 3 is 1.31 bits per heavy atom. The summed E-state index contributed by atoms with van der Waals surface area (Å²) < 4.78 is 43.8. The van der Waals surface area contributed by atoms with Gasteiger partial charge in [0, 0.05) is 0 Å². The van der Waals surface area contributed by atoms with Crippen LogP contribution in [0.5, 0.6) is 0 Å². The SMILES string of the molecule is O=[PH](O)CN(CCCCCCN(CP(=O)(O)O)CP(=O)(O)O)C[PH](=O)O. The Morgan fingerprint density at radius 2 is 1.00 bits per heavy atom. The summed E-state index contributed by atoms with van der Waals surface area (Å²) in [6.45, 7) is 0.469. The quantitative estimate of drug-likeness (QED) is 0.144. The van der Waals surface area contributed by atoms with Crippen molar-refractivity contribution in [2.24, 2.45) is 0 Å². The molecular weight excluding hydrogens is 432 g/mol. The normalized spacial score (nSPS) is 15.5. The number of hydrogen-bond donors (Lipinski definition) is 6. The van der Waals surface area contributed by atoms with Gasteiger partial charge >= 0.3 is 15.2 Å². The van der Waals surface area contributed by atoms with E-state index in [2.05, 4.69) is 0 Å². The van der Waals surface area contributed by atoms with Crippen LogP contribution in [0.2, 0.25) is 0 Å². The smallest absolute Gasteiger partial charge is 0.339 e. The van der Waals surface area contributed by atoms with Crippen molar-refractivity contribution in [1.82, 2.24) is 9.80 Å². The maximum atomic E-state index is 11.0. The van der Waals surface area contributed by atoms with E-state index in [0.29, 0.717) is 32.2 Å². The van der Waals surface area contributed by atoms with E-state index in [-0.39, 0.29) is 19.1 Å². The van der Waals surface area contributed by atoms with Gasteiger partial charge in [0.25, 0.3) is 0 Å². The number of nitrogens with zero attached hydrogens (tertiary/aromatic N) is 2. The maximum Gasteiger partial charge on any atom is 0.339 e. The van der Waals surface area contributed by atoms with Crippen LogP contribution in [0.15, 0.2) is 0 Å². The highest BCUT2D eigenvalue weighted by molar-refractivity contribution is 7.52. The molecule has 0 bridgehead atoms. The average Bonchev–Trinajstić information content (AvgIpc) is 2.37. The summed E-state index contributed by atoms with van der Waals surface area (Å²) >= 11 is 0. The molecule has 0 saturated carbocycles. The molecule has 0 saturated heterocycles. The van der Waals surface area contributed by atoms with E-state index >= 15 is 0 Å². The fraction of sp³-hybridized carbons (Fsp3) is 1.00. The molecule has 26 heavy (non-hydrogen) atoms. The van der Waals surface area contributed by atoms with Gasteiger partial charge in [-0.2, -0.15) is 0 Å². The molecule has 0 fully saturated rings. The first kappa shape index (κ1) is 26.6. The monoisotopic (exact) mass is 460 g/mol. The molecule has 0 aliphatic carbocycles. The van der Waals surface area contributed by atoms with Gasteiger partial charge in [0.1, 0.15) is 12.6 Å². The Hall–Kier alpha value is 0.600. The molecule has 12 nitrogen and oxygen atoms in total. The van der Waals surface area contributed by atoms with Gasteiger partial charge < -0.3 is 29.4 Å². The van der Waals surface area contributed by atoms with Crippen molar-refractivity contribution in [3.63, 3.8) is 0 Å². The molecule has 0 aromatic heterocycles. The molecule has 2 atom stereocenters. The van der Waals surface area contributed by atoms with Crippen LogP contribution in [0.4, 0.5) is 0 Å². The summed E-state index contributed by atoms with van der Waals surface area (Å²) in [5, 5.41) is 0. The molecule has 158 valence electrons. The van der Waals surface area contributed by atoms with E-state index in [9.17, 15) is 18.3 Å². The summed E-state index contributed by atoms with van der Waals surface area (Å²) in [4.78, 5) is 56.1. The lowest BCUT2D eigenvalue weighted by Gasteiger charge is -2.23. The van der Waals surface area contributed by atoms with Crippen LogP contribution in [0.3, 0.4) is 0 Å². The highest BCUT2D eigenvalue weighted by atomic mass is 31.2. The minimum Gasteiger partial charge on any atom is -0.345 e. The Labute approximate surface area is 153 Å². The van der Waals surface area contributed by atoms with E-state index in [1.807, 2.05) is 0 Å². The Bertz CT molecular complexity index is 510. The summed E-state index contributed by atoms with van der Waals surface area (Å²) in [7, 11) is -14.4. The molecule has 0 aromatic carbocycles. The van der Waals surface area contributed by atoms with Crippen LogP contribution in [0.25, 0.3) is 0 Å². The molecule has 16 heteroatoms. The molecule has 0 aliphatic rings. The minimum absolute atomic E-state index is 0.106. The fourth-order valence-electron chi connectivity index (χ4n) is 2.33. The first-order chi connectivity index (χ1) is 11.8. The number of unbranched alkanes of at least 4 members (excludes halogenated alkanes) is 3. The van der Waals surface area contributed by atoms with Crippen LogP contribution >= 0.6 is 31.2 Å². The van der Waals surface area contributed by atoms with Crippen LogP contribution in [0.1, 0.15) is 25.7 Å². The molecular formula is C10H28N2O10P4. The summed E-state index contributed by atoms with van der Waals surface area (Å²) in [6, 6.07) is 0. The second-order valence-corrected chi connectivity index (χ2v) is 11.4. The van der Waals surface area contributed by atoms with Gasteiger partial charge in [-0.3, -0.25) is 28.1 Å². The van der Waals surface area contributed by atoms with Crippen LogP contribution < -0.4 is 0 Å². The van der Waals surface area contributed by atoms with Crippen molar-refractivity contribution < 1.29 is 47.6 Å². The van der Waals surface area contributed by atoms with Crippen molar-refractivity contribution in [2.75, 3.05) is 38.2 Å². The van der Waals surface area contributed by atoms with E-state index in [1.165, 1.54) is 4.90 Å². The second-order valence-electron chi connectivity index (χ2n) is 5.92. The van der Waals surface area contributed by atoms with Crippen molar-refractivity contribution >= 4 is 31.2 Å². The van der Waals surface area contributed by atoms with Crippen molar-refractivity contribution in [3.05, 3.63) is 0 Å². The van der Waals surface area contributed by atoms with Gasteiger partial charge in [-0.05, 0) is 25.9 Å². The predicted octanol–water partition coefficient (Wildman–Crippen LogP) is 0.270. The van der Waals surface area contributed by atoms with Crippen LogP contribution in [-0.2, 0) is 18.3 Å². The molecule has 0 spiro atoms. The van der Waals surface area contributed by atoms with Crippen LogP contribution in [0, 0.1) is 0 Å². The lowest BCUT2D eigenvalue weighted by Crippen LogP contribution is -2.27. The van der Waals surface area contributed by atoms with E-state index < -0.39 is 43.8 Å². The Balaban J connectivity index is 4.22. The minimum atomic E-state index is -4.43. The molecule has 0 aliphatic heterocycles. The van der Waals surface area contributed by atoms with Gasteiger partial charge in [0.05, 0.1) is 12.6 Å². The van der Waals surface area contributed by atoms with Gasteiger partial charge in [0.15, 0.2) is 0 Å². The van der Waals surface area contributed by atoms with E-state index in [1.54, 1.807) is 0 Å². The third-order valence-corrected chi connectivity index (χ3v) is 6.16. The summed E-state index contributed by atoms with van der Waals surface area (Å²) in [6.07, 6.45) is 0.515. The molecule has 0 radical (unpaired) electrons. The van der Waals surface area contributed by atoms with Crippen molar-refractivity contribution in [1.29, 1.82) is 0 Å². The topological polar surface area (TPSA) is 196 Å². The maximum absolute atomic E-state index is 11.0. The molecule has 0 heterocycles. The largest absolute Gasteiger partial charge is 0.345 e. The van der Waals surface area contributed by atoms with E-state index in [4.69, 9.17) is 29.4 Å². The zero-order valence-electron chi connectivity index (χ0n) is 14.2. The number of rotatable bonds is 15. The molecule has 2 unspecified atom stereocenters. The summed E-state index contributed by atoms with van der Waals surface area (Å²) in [5.41, 5.74) is 0. The lowest BCUT2D eigenvalue weighted by atomic mass is 10.2. The average molecular weight is 460 g/mol. The first-order valence-electron chi connectivity index (χ1n) is 7.76. The summed E-state index contributed by atoms with van der Waals surface area (Å²) in [5.74, 6) is 0. The molecule has 0 amide bonds. The first-order valence-corrected chi connectivity index (χ1v) is 14.5. The van der Waals surface area contributed by atoms with Crippen molar-refractivity contribution in [2.45, 2.75) is 25.7 Å². The zero-order chi connectivity index (χ0) is 20.4. The highest BCUT2D eigenvalue weighted by Gasteiger charge is 2.25. The Morgan fingerprint density at radius 1 is 0.654 bits per heavy atom.